The summed E-state index contributed by atoms with van der Waals surface area (Å²) in [4.78, 5) is 8.52. The predicted octanol–water partition coefficient (Wildman–Crippen LogP) is 4.10. The van der Waals surface area contributed by atoms with Crippen LogP contribution in [0.5, 0.6) is 0 Å². The molecule has 0 spiro atoms. The Labute approximate surface area is 136 Å². The highest BCUT2D eigenvalue weighted by Gasteiger charge is 2.25. The van der Waals surface area contributed by atoms with Gasteiger partial charge in [-0.25, -0.2) is 4.98 Å². The molecular weight excluding hydrogens is 298 g/mol. The lowest BCUT2D eigenvalue weighted by Crippen LogP contribution is -2.29. The molecule has 2 heterocycles. The molecule has 0 aromatic carbocycles. The maximum atomic E-state index is 6.44. The van der Waals surface area contributed by atoms with Crippen LogP contribution in [-0.4, -0.2) is 25.6 Å². The summed E-state index contributed by atoms with van der Waals surface area (Å²) in [6.07, 6.45) is 7.73. The third-order valence-electron chi connectivity index (χ3n) is 5.10. The second-order valence-corrected chi connectivity index (χ2v) is 6.85. The van der Waals surface area contributed by atoms with Crippen LogP contribution in [0.1, 0.15) is 51.6 Å². The Morgan fingerprint density at radius 3 is 2.77 bits per heavy atom. The molecule has 6 heteroatoms. The summed E-state index contributed by atoms with van der Waals surface area (Å²) in [5.74, 6) is 3.12. The Kier molecular flexibility index (Phi) is 4.52. The molecule has 1 fully saturated rings. The van der Waals surface area contributed by atoms with Gasteiger partial charge in [-0.3, -0.25) is 0 Å². The topological polar surface area (TPSA) is 55.1 Å². The summed E-state index contributed by atoms with van der Waals surface area (Å²) in [5.41, 5.74) is 0.790. The number of aromatic nitrogens is 4. The van der Waals surface area contributed by atoms with E-state index in [1.807, 2.05) is 6.92 Å². The van der Waals surface area contributed by atoms with Crippen molar-refractivity contribution in [3.05, 3.63) is 17.0 Å². The van der Waals surface area contributed by atoms with Crippen molar-refractivity contribution in [1.82, 2.24) is 19.6 Å². The van der Waals surface area contributed by atoms with Gasteiger partial charge in [-0.1, -0.05) is 31.9 Å². The van der Waals surface area contributed by atoms with Gasteiger partial charge in [-0.05, 0) is 44.4 Å². The summed E-state index contributed by atoms with van der Waals surface area (Å²) in [6, 6.07) is 0.451. The van der Waals surface area contributed by atoms with Crippen LogP contribution in [0, 0.1) is 18.8 Å². The first-order valence-corrected chi connectivity index (χ1v) is 8.60. The zero-order chi connectivity index (χ0) is 15.7. The SMILES string of the molecule is CCC(C)[C@H]1CC[C@H](Nc2c(Cl)c(C)nc3ncnn23)CC1. The number of fused-ring (bicyclic) bond motifs is 1. The molecule has 1 unspecified atom stereocenters. The second kappa shape index (κ2) is 6.41. The number of hydrogen-bond acceptors (Lipinski definition) is 4. The molecule has 3 rings (SSSR count). The molecule has 1 saturated carbocycles. The number of nitrogens with zero attached hydrogens (tertiary/aromatic N) is 4. The van der Waals surface area contributed by atoms with Crippen molar-refractivity contribution in [1.29, 1.82) is 0 Å². The first kappa shape index (κ1) is 15.5. The van der Waals surface area contributed by atoms with E-state index in [-0.39, 0.29) is 0 Å². The number of halogens is 1. The Bertz CT molecular complexity index is 645. The lowest BCUT2D eigenvalue weighted by Gasteiger charge is -2.33. The average molecular weight is 322 g/mol. The number of anilines is 1. The third kappa shape index (κ3) is 2.91. The monoisotopic (exact) mass is 321 g/mol. The number of nitrogens with one attached hydrogen (secondary N) is 1. The predicted molar refractivity (Wildman–Crippen MR) is 89.4 cm³/mol. The first-order chi connectivity index (χ1) is 10.6. The van der Waals surface area contributed by atoms with E-state index < -0.39 is 0 Å². The molecule has 1 atom stereocenters. The summed E-state index contributed by atoms with van der Waals surface area (Å²) in [5, 5.41) is 8.46. The highest BCUT2D eigenvalue weighted by atomic mass is 35.5. The molecule has 2 aromatic rings. The van der Waals surface area contributed by atoms with E-state index in [4.69, 9.17) is 11.6 Å². The molecule has 1 aliphatic carbocycles. The Hall–Kier alpha value is -1.36. The minimum Gasteiger partial charge on any atom is -0.366 e. The number of aryl methyl sites for hydroxylation is 1. The van der Waals surface area contributed by atoms with Crippen molar-refractivity contribution in [3.8, 4) is 0 Å². The second-order valence-electron chi connectivity index (χ2n) is 6.47. The van der Waals surface area contributed by atoms with Gasteiger partial charge in [0.1, 0.15) is 11.3 Å². The molecule has 0 aliphatic heterocycles. The van der Waals surface area contributed by atoms with Gasteiger partial charge in [0.2, 0.25) is 0 Å². The maximum absolute atomic E-state index is 6.44. The van der Waals surface area contributed by atoms with Crippen LogP contribution in [0.15, 0.2) is 6.33 Å². The van der Waals surface area contributed by atoms with Crippen LogP contribution in [0.2, 0.25) is 5.02 Å². The van der Waals surface area contributed by atoms with Crippen molar-refractivity contribution in [2.75, 3.05) is 5.32 Å². The van der Waals surface area contributed by atoms with Crippen molar-refractivity contribution < 1.29 is 0 Å². The Balaban J connectivity index is 1.75. The van der Waals surface area contributed by atoms with Crippen molar-refractivity contribution in [3.63, 3.8) is 0 Å². The van der Waals surface area contributed by atoms with Crippen molar-refractivity contribution >= 4 is 23.2 Å². The molecule has 120 valence electrons. The number of hydrogen-bond donors (Lipinski definition) is 1. The van der Waals surface area contributed by atoms with Crippen LogP contribution >= 0.6 is 11.6 Å². The number of rotatable bonds is 4. The highest BCUT2D eigenvalue weighted by Crippen LogP contribution is 2.34. The maximum Gasteiger partial charge on any atom is 0.254 e. The summed E-state index contributed by atoms with van der Waals surface area (Å²) >= 11 is 6.44. The largest absolute Gasteiger partial charge is 0.366 e. The Morgan fingerprint density at radius 2 is 2.09 bits per heavy atom. The molecule has 2 aromatic heterocycles. The fourth-order valence-corrected chi connectivity index (χ4v) is 3.59. The summed E-state index contributed by atoms with van der Waals surface area (Å²) in [6.45, 7) is 6.57. The minimum atomic E-state index is 0.451. The molecule has 0 saturated heterocycles. The van der Waals surface area contributed by atoms with Gasteiger partial charge in [-0.2, -0.15) is 14.6 Å². The molecule has 1 N–H and O–H groups in total. The van der Waals surface area contributed by atoms with Crippen LogP contribution < -0.4 is 5.32 Å². The fourth-order valence-electron chi connectivity index (χ4n) is 3.42. The molecular formula is C16H24ClN5. The van der Waals surface area contributed by atoms with Crippen molar-refractivity contribution in [2.45, 2.75) is 58.9 Å². The fraction of sp³-hybridized carbons (Fsp3) is 0.688. The molecule has 0 amide bonds. The Morgan fingerprint density at radius 1 is 1.36 bits per heavy atom. The van der Waals surface area contributed by atoms with Gasteiger partial charge in [0.15, 0.2) is 5.82 Å². The zero-order valence-electron chi connectivity index (χ0n) is 13.5. The average Bonchev–Trinajstić information content (AvgIpc) is 2.99. The highest BCUT2D eigenvalue weighted by molar-refractivity contribution is 6.33. The van der Waals surface area contributed by atoms with E-state index in [1.54, 1.807) is 4.52 Å². The van der Waals surface area contributed by atoms with Gasteiger partial charge in [0, 0.05) is 6.04 Å². The van der Waals surface area contributed by atoms with Gasteiger partial charge < -0.3 is 5.32 Å². The van der Waals surface area contributed by atoms with Crippen LogP contribution in [-0.2, 0) is 0 Å². The van der Waals surface area contributed by atoms with E-state index in [1.165, 1.54) is 38.4 Å². The normalized spacial score (nSPS) is 23.6. The standard InChI is InChI=1S/C16H24ClN5/c1-4-10(2)12-5-7-13(8-6-12)21-15-14(17)11(3)20-16-18-9-19-22(15)16/h9-10,12-13,21H,4-8H2,1-3H3/t10?,12-,13-. The molecule has 0 bridgehead atoms. The molecule has 0 radical (unpaired) electrons. The van der Waals surface area contributed by atoms with Crippen molar-refractivity contribution in [2.24, 2.45) is 11.8 Å². The lowest BCUT2D eigenvalue weighted by molar-refractivity contribution is 0.247. The molecule has 5 nitrogen and oxygen atoms in total. The van der Waals surface area contributed by atoms with E-state index in [9.17, 15) is 0 Å². The lowest BCUT2D eigenvalue weighted by atomic mass is 9.78. The van der Waals surface area contributed by atoms with E-state index in [2.05, 4.69) is 34.2 Å². The molecule has 1 aliphatic rings. The van der Waals surface area contributed by atoms with E-state index in [0.717, 1.165) is 23.3 Å². The van der Waals surface area contributed by atoms with Crippen LogP contribution in [0.25, 0.3) is 5.78 Å². The van der Waals surface area contributed by atoms with Gasteiger partial charge in [0.25, 0.3) is 5.78 Å². The minimum absolute atomic E-state index is 0.451. The van der Waals surface area contributed by atoms with Gasteiger partial charge in [0.05, 0.1) is 5.69 Å². The zero-order valence-corrected chi connectivity index (χ0v) is 14.3. The first-order valence-electron chi connectivity index (χ1n) is 8.22. The summed E-state index contributed by atoms with van der Waals surface area (Å²) in [7, 11) is 0. The van der Waals surface area contributed by atoms with E-state index in [0.29, 0.717) is 16.8 Å². The van der Waals surface area contributed by atoms with Gasteiger partial charge in [-0.15, -0.1) is 0 Å². The van der Waals surface area contributed by atoms with E-state index >= 15 is 0 Å². The third-order valence-corrected chi connectivity index (χ3v) is 5.55. The quantitative estimate of drug-likeness (QED) is 0.921. The van der Waals surface area contributed by atoms with Crippen LogP contribution in [0.3, 0.4) is 0 Å². The summed E-state index contributed by atoms with van der Waals surface area (Å²) < 4.78 is 1.70. The molecule has 22 heavy (non-hydrogen) atoms. The van der Waals surface area contributed by atoms with Gasteiger partial charge >= 0.3 is 0 Å². The smallest absolute Gasteiger partial charge is 0.254 e. The van der Waals surface area contributed by atoms with Crippen LogP contribution in [0.4, 0.5) is 5.82 Å².